The second-order valence-electron chi connectivity index (χ2n) is 7.38. The molecule has 3 heterocycles. The lowest BCUT2D eigenvalue weighted by atomic mass is 9.93. The van der Waals surface area contributed by atoms with Crippen molar-refractivity contribution in [2.75, 3.05) is 19.6 Å². The molecule has 0 spiro atoms. The number of imidazole rings is 1. The molecule has 1 aromatic carbocycles. The Hall–Kier alpha value is -2.21. The normalized spacial score (nSPS) is 23.5. The summed E-state index contributed by atoms with van der Waals surface area (Å²) in [6.45, 7) is 4.68. The van der Waals surface area contributed by atoms with Crippen LogP contribution in [0.2, 0.25) is 0 Å². The van der Waals surface area contributed by atoms with Gasteiger partial charge in [-0.2, -0.15) is 0 Å². The van der Waals surface area contributed by atoms with Gasteiger partial charge in [-0.1, -0.05) is 12.1 Å². The van der Waals surface area contributed by atoms with Gasteiger partial charge in [0.05, 0.1) is 18.4 Å². The molecule has 0 bridgehead atoms. The number of nitrogens with one attached hydrogen (secondary N) is 1. The van der Waals surface area contributed by atoms with Crippen molar-refractivity contribution in [3.63, 3.8) is 0 Å². The first kappa shape index (κ1) is 17.2. The van der Waals surface area contributed by atoms with Crippen molar-refractivity contribution in [1.29, 1.82) is 0 Å². The molecule has 0 saturated carbocycles. The molecule has 4 rings (SSSR count). The Morgan fingerprint density at radius 3 is 2.54 bits per heavy atom. The molecule has 2 atom stereocenters. The van der Waals surface area contributed by atoms with Crippen LogP contribution in [0.1, 0.15) is 49.4 Å². The SMILES string of the molecule is CC(c1ccc(F)cc1)N1CCC(N2CCC(c3cnc[nH]3)CC2)C1=O. The molecule has 26 heavy (non-hydrogen) atoms. The summed E-state index contributed by atoms with van der Waals surface area (Å²) in [7, 11) is 0. The molecule has 6 heteroatoms. The minimum atomic E-state index is -0.244. The summed E-state index contributed by atoms with van der Waals surface area (Å²) < 4.78 is 13.1. The zero-order chi connectivity index (χ0) is 18.1. The van der Waals surface area contributed by atoms with Crippen LogP contribution < -0.4 is 0 Å². The molecule has 0 radical (unpaired) electrons. The third-order valence-corrected chi connectivity index (χ3v) is 5.96. The van der Waals surface area contributed by atoms with Crippen molar-refractivity contribution >= 4 is 5.91 Å². The fraction of sp³-hybridized carbons (Fsp3) is 0.500. The Morgan fingerprint density at radius 1 is 1.15 bits per heavy atom. The number of nitrogens with zero attached hydrogens (tertiary/aromatic N) is 3. The molecule has 2 aromatic rings. The maximum atomic E-state index is 13.1. The topological polar surface area (TPSA) is 52.2 Å². The van der Waals surface area contributed by atoms with Crippen molar-refractivity contribution in [2.45, 2.75) is 44.2 Å². The number of carbonyl (C=O) groups excluding carboxylic acids is 1. The highest BCUT2D eigenvalue weighted by Crippen LogP contribution is 2.32. The van der Waals surface area contributed by atoms with Crippen LogP contribution in [0.4, 0.5) is 4.39 Å². The van der Waals surface area contributed by atoms with Crippen LogP contribution in [0.3, 0.4) is 0 Å². The lowest BCUT2D eigenvalue weighted by Gasteiger charge is -2.35. The number of hydrogen-bond acceptors (Lipinski definition) is 3. The molecule has 2 aliphatic heterocycles. The number of aromatic amines is 1. The van der Waals surface area contributed by atoms with E-state index in [9.17, 15) is 9.18 Å². The van der Waals surface area contributed by atoms with E-state index in [1.54, 1.807) is 18.5 Å². The maximum Gasteiger partial charge on any atom is 0.240 e. The Balaban J connectivity index is 1.37. The number of piperidine rings is 1. The molecular weight excluding hydrogens is 331 g/mol. The minimum Gasteiger partial charge on any atom is -0.348 e. The van der Waals surface area contributed by atoms with Gasteiger partial charge < -0.3 is 9.88 Å². The Labute approximate surface area is 153 Å². The van der Waals surface area contributed by atoms with E-state index >= 15 is 0 Å². The summed E-state index contributed by atoms with van der Waals surface area (Å²) in [5.74, 6) is 0.480. The van der Waals surface area contributed by atoms with Crippen molar-refractivity contribution in [3.05, 3.63) is 53.9 Å². The van der Waals surface area contributed by atoms with Crippen LogP contribution in [-0.4, -0.2) is 51.4 Å². The number of benzene rings is 1. The average molecular weight is 356 g/mol. The Bertz CT molecular complexity index is 738. The second-order valence-corrected chi connectivity index (χ2v) is 7.38. The number of likely N-dealkylation sites (tertiary alicyclic amines) is 2. The van der Waals surface area contributed by atoms with E-state index in [0.29, 0.717) is 5.92 Å². The van der Waals surface area contributed by atoms with Gasteiger partial charge in [-0.15, -0.1) is 0 Å². The van der Waals surface area contributed by atoms with E-state index in [2.05, 4.69) is 14.9 Å². The fourth-order valence-electron chi connectivity index (χ4n) is 4.34. The van der Waals surface area contributed by atoms with Gasteiger partial charge in [0, 0.05) is 24.4 Å². The number of amides is 1. The lowest BCUT2D eigenvalue weighted by Crippen LogP contribution is -2.45. The summed E-state index contributed by atoms with van der Waals surface area (Å²) >= 11 is 0. The summed E-state index contributed by atoms with van der Waals surface area (Å²) in [5.41, 5.74) is 2.19. The number of H-pyrrole nitrogens is 1. The van der Waals surface area contributed by atoms with Gasteiger partial charge >= 0.3 is 0 Å². The molecule has 2 unspecified atom stereocenters. The minimum absolute atomic E-state index is 0.0133. The molecule has 2 fully saturated rings. The van der Waals surface area contributed by atoms with E-state index in [0.717, 1.165) is 44.5 Å². The number of hydrogen-bond donors (Lipinski definition) is 1. The van der Waals surface area contributed by atoms with Gasteiger partial charge in [0.25, 0.3) is 0 Å². The van der Waals surface area contributed by atoms with Crippen molar-refractivity contribution in [1.82, 2.24) is 19.8 Å². The van der Waals surface area contributed by atoms with Crippen LogP contribution in [0.25, 0.3) is 0 Å². The molecule has 1 aromatic heterocycles. The molecule has 5 nitrogen and oxygen atoms in total. The van der Waals surface area contributed by atoms with Gasteiger partial charge in [-0.3, -0.25) is 9.69 Å². The van der Waals surface area contributed by atoms with Gasteiger partial charge in [0.2, 0.25) is 5.91 Å². The first-order valence-corrected chi connectivity index (χ1v) is 9.42. The summed E-state index contributed by atoms with van der Waals surface area (Å²) in [6, 6.07) is 6.44. The lowest BCUT2D eigenvalue weighted by molar-refractivity contribution is -0.134. The highest BCUT2D eigenvalue weighted by molar-refractivity contribution is 5.84. The number of rotatable bonds is 4. The molecule has 1 amide bonds. The maximum absolute atomic E-state index is 13.1. The standard InChI is InChI=1S/C20H25FN4O/c1-14(15-2-4-17(21)5-3-15)25-11-8-19(20(25)26)24-9-6-16(7-10-24)18-12-22-13-23-18/h2-5,12-14,16,19H,6-11H2,1H3,(H,22,23). The predicted molar refractivity (Wildman–Crippen MR) is 97.1 cm³/mol. The number of halogens is 1. The largest absolute Gasteiger partial charge is 0.348 e. The van der Waals surface area contributed by atoms with Gasteiger partial charge in [-0.25, -0.2) is 9.37 Å². The number of aromatic nitrogens is 2. The smallest absolute Gasteiger partial charge is 0.240 e. The molecule has 2 aliphatic rings. The number of carbonyl (C=O) groups is 1. The van der Waals surface area contributed by atoms with E-state index in [-0.39, 0.29) is 23.8 Å². The predicted octanol–water partition coefficient (Wildman–Crippen LogP) is 3.09. The monoisotopic (exact) mass is 356 g/mol. The van der Waals surface area contributed by atoms with Gasteiger partial charge in [-0.05, 0) is 57.0 Å². The van der Waals surface area contributed by atoms with Crippen LogP contribution in [0.5, 0.6) is 0 Å². The van der Waals surface area contributed by atoms with Crippen LogP contribution in [0, 0.1) is 5.82 Å². The first-order valence-electron chi connectivity index (χ1n) is 9.42. The van der Waals surface area contributed by atoms with Gasteiger partial charge in [0.1, 0.15) is 5.82 Å². The van der Waals surface area contributed by atoms with E-state index in [1.807, 2.05) is 18.0 Å². The van der Waals surface area contributed by atoms with Crippen molar-refractivity contribution < 1.29 is 9.18 Å². The van der Waals surface area contributed by atoms with E-state index in [1.165, 1.54) is 17.8 Å². The quantitative estimate of drug-likeness (QED) is 0.916. The Kier molecular flexibility index (Phi) is 4.76. The summed E-state index contributed by atoms with van der Waals surface area (Å²) in [6.07, 6.45) is 6.63. The van der Waals surface area contributed by atoms with Crippen LogP contribution >= 0.6 is 0 Å². The van der Waals surface area contributed by atoms with E-state index < -0.39 is 0 Å². The van der Waals surface area contributed by atoms with Crippen LogP contribution in [-0.2, 0) is 4.79 Å². The molecule has 2 saturated heterocycles. The first-order chi connectivity index (χ1) is 12.6. The van der Waals surface area contributed by atoms with Crippen LogP contribution in [0.15, 0.2) is 36.8 Å². The molecule has 0 aliphatic carbocycles. The fourth-order valence-corrected chi connectivity index (χ4v) is 4.34. The second kappa shape index (κ2) is 7.19. The molecular formula is C20H25FN4O. The third-order valence-electron chi connectivity index (χ3n) is 5.96. The zero-order valence-electron chi connectivity index (χ0n) is 15.1. The van der Waals surface area contributed by atoms with Crippen molar-refractivity contribution in [3.8, 4) is 0 Å². The van der Waals surface area contributed by atoms with E-state index in [4.69, 9.17) is 0 Å². The summed E-state index contributed by atoms with van der Waals surface area (Å²) in [4.78, 5) is 24.6. The van der Waals surface area contributed by atoms with Gasteiger partial charge in [0.15, 0.2) is 0 Å². The molecule has 1 N–H and O–H groups in total. The highest BCUT2D eigenvalue weighted by Gasteiger charge is 2.39. The zero-order valence-corrected chi connectivity index (χ0v) is 15.1. The third kappa shape index (κ3) is 3.26. The summed E-state index contributed by atoms with van der Waals surface area (Å²) in [5, 5.41) is 0. The van der Waals surface area contributed by atoms with Crippen molar-refractivity contribution in [2.24, 2.45) is 0 Å². The average Bonchev–Trinajstić information content (AvgIpc) is 3.32. The molecule has 138 valence electrons. The Morgan fingerprint density at radius 2 is 1.88 bits per heavy atom. The highest BCUT2D eigenvalue weighted by atomic mass is 19.1.